The van der Waals surface area contributed by atoms with Crippen LogP contribution in [0.25, 0.3) is 10.9 Å². The fourth-order valence-corrected chi connectivity index (χ4v) is 3.27. The number of anilines is 2. The van der Waals surface area contributed by atoms with Crippen LogP contribution >= 0.6 is 11.6 Å². The van der Waals surface area contributed by atoms with Gasteiger partial charge in [-0.3, -0.25) is 9.78 Å². The summed E-state index contributed by atoms with van der Waals surface area (Å²) in [6.07, 6.45) is 0. The number of amides is 1. The molecule has 4 rings (SSSR count). The van der Waals surface area contributed by atoms with E-state index in [4.69, 9.17) is 26.8 Å². The van der Waals surface area contributed by atoms with Crippen molar-refractivity contribution < 1.29 is 14.3 Å². The molecule has 2 aromatic heterocycles. The number of rotatable bonds is 7. The molecule has 1 radical (unpaired) electrons. The molecule has 0 fully saturated rings. The third-order valence-corrected chi connectivity index (χ3v) is 4.85. The predicted molar refractivity (Wildman–Crippen MR) is 121 cm³/mol. The van der Waals surface area contributed by atoms with Crippen LogP contribution in [0.4, 0.5) is 11.5 Å². The number of fused-ring (bicyclic) bond motifs is 1. The van der Waals surface area contributed by atoms with Crippen molar-refractivity contribution in [3.05, 3.63) is 76.8 Å². The molecule has 32 heavy (non-hydrogen) atoms. The Hall–Kier alpha value is -3.91. The van der Waals surface area contributed by atoms with E-state index in [1.54, 1.807) is 30.3 Å². The molecule has 8 nitrogen and oxygen atoms in total. The first-order valence-electron chi connectivity index (χ1n) is 9.62. The van der Waals surface area contributed by atoms with Gasteiger partial charge in [0.2, 0.25) is 5.82 Å². The maximum absolute atomic E-state index is 11.7. The summed E-state index contributed by atoms with van der Waals surface area (Å²) in [6.45, 7) is 2.22. The smallest absolute Gasteiger partial charge is 0.286 e. The number of hydrogen-bond donors (Lipinski definition) is 2. The van der Waals surface area contributed by atoms with Gasteiger partial charge in [0.05, 0.1) is 23.3 Å². The number of nitrogens with two attached hydrogens (primary N) is 1. The number of pyridine rings is 1. The molecule has 0 saturated heterocycles. The van der Waals surface area contributed by atoms with E-state index in [-0.39, 0.29) is 5.82 Å². The van der Waals surface area contributed by atoms with Crippen molar-refractivity contribution >= 4 is 39.9 Å². The van der Waals surface area contributed by atoms with Crippen molar-refractivity contribution in [2.75, 3.05) is 12.4 Å². The standard InChI is InChI=1S/C23H19ClN5O3/c1-13-4-3-5-15(26-13)12-32-20-9-6-14(10-18(20)24)27-22-17-8-7-16(31-2)11-19(17)28-23(29-22)21(25)30/h3-6,8-11H,12H2,1-2H3,(H2,25,30)(H,27,28,29). The fraction of sp³-hybridized carbons (Fsp3) is 0.130. The topological polar surface area (TPSA) is 112 Å². The molecule has 4 aromatic rings. The highest BCUT2D eigenvalue weighted by Gasteiger charge is 2.14. The van der Waals surface area contributed by atoms with Gasteiger partial charge >= 0.3 is 0 Å². The first-order valence-corrected chi connectivity index (χ1v) is 10.00. The van der Waals surface area contributed by atoms with Crippen molar-refractivity contribution in [1.82, 2.24) is 15.0 Å². The second-order valence-corrected chi connectivity index (χ2v) is 7.30. The lowest BCUT2D eigenvalue weighted by Crippen LogP contribution is -2.16. The summed E-state index contributed by atoms with van der Waals surface area (Å²) < 4.78 is 11.0. The molecular weight excluding hydrogens is 430 g/mol. The molecule has 1 amide bonds. The van der Waals surface area contributed by atoms with Crippen LogP contribution in [-0.4, -0.2) is 28.0 Å². The molecule has 0 unspecified atom stereocenters. The zero-order valence-corrected chi connectivity index (χ0v) is 18.1. The lowest BCUT2D eigenvalue weighted by molar-refractivity contribution is 0.0991. The molecule has 3 N–H and O–H groups in total. The first-order chi connectivity index (χ1) is 15.4. The summed E-state index contributed by atoms with van der Waals surface area (Å²) in [4.78, 5) is 24.6. The van der Waals surface area contributed by atoms with Crippen LogP contribution in [0.15, 0.2) is 48.5 Å². The zero-order chi connectivity index (χ0) is 22.7. The molecule has 0 aliphatic heterocycles. The Morgan fingerprint density at radius 3 is 2.75 bits per heavy atom. The Morgan fingerprint density at radius 2 is 2.03 bits per heavy atom. The summed E-state index contributed by atoms with van der Waals surface area (Å²) in [7, 11) is 1.52. The van der Waals surface area contributed by atoms with E-state index < -0.39 is 5.91 Å². The number of primary amides is 1. The largest absolute Gasteiger partial charge is 0.496 e. The van der Waals surface area contributed by atoms with Gasteiger partial charge in [-0.05, 0) is 43.3 Å². The number of benzene rings is 2. The highest BCUT2D eigenvalue weighted by molar-refractivity contribution is 6.32. The van der Waals surface area contributed by atoms with E-state index in [0.717, 1.165) is 11.4 Å². The lowest BCUT2D eigenvalue weighted by atomic mass is 10.2. The summed E-state index contributed by atoms with van der Waals surface area (Å²) in [5.74, 6) is 0.517. The van der Waals surface area contributed by atoms with Gasteiger partial charge in [0, 0.05) is 28.9 Å². The van der Waals surface area contributed by atoms with Crippen molar-refractivity contribution in [2.24, 2.45) is 5.73 Å². The maximum atomic E-state index is 11.7. The van der Waals surface area contributed by atoms with Crippen LogP contribution in [0, 0.1) is 13.0 Å². The summed E-state index contributed by atoms with van der Waals surface area (Å²) in [6, 6.07) is 17.3. The molecule has 0 aliphatic carbocycles. The zero-order valence-electron chi connectivity index (χ0n) is 17.3. The number of methoxy groups -OCH3 is 1. The third kappa shape index (κ3) is 4.70. The van der Waals surface area contributed by atoms with Gasteiger partial charge in [0.25, 0.3) is 5.91 Å². The number of nitrogens with one attached hydrogen (secondary N) is 1. The van der Waals surface area contributed by atoms with Crippen LogP contribution in [0.1, 0.15) is 22.0 Å². The van der Waals surface area contributed by atoms with E-state index >= 15 is 0 Å². The summed E-state index contributed by atoms with van der Waals surface area (Å²) >= 11 is 6.42. The molecule has 0 saturated carbocycles. The van der Waals surface area contributed by atoms with Crippen molar-refractivity contribution in [3.63, 3.8) is 0 Å². The van der Waals surface area contributed by atoms with E-state index in [1.165, 1.54) is 7.11 Å². The summed E-state index contributed by atoms with van der Waals surface area (Å²) in [5, 5.41) is 4.20. The van der Waals surface area contributed by atoms with Gasteiger partial charge in [0.15, 0.2) is 0 Å². The molecular formula is C23H19ClN5O3. The molecule has 0 spiro atoms. The van der Waals surface area contributed by atoms with Crippen LogP contribution in [0.2, 0.25) is 5.02 Å². The minimum atomic E-state index is -0.742. The molecule has 161 valence electrons. The van der Waals surface area contributed by atoms with Crippen molar-refractivity contribution in [1.29, 1.82) is 0 Å². The number of hydrogen-bond acceptors (Lipinski definition) is 7. The average molecular weight is 449 g/mol. The number of halogens is 1. The highest BCUT2D eigenvalue weighted by atomic mass is 35.5. The van der Waals surface area contributed by atoms with Crippen molar-refractivity contribution in [3.8, 4) is 11.5 Å². The Bertz CT molecular complexity index is 1310. The quantitative estimate of drug-likeness (QED) is 0.435. The van der Waals surface area contributed by atoms with Gasteiger partial charge in [-0.2, -0.15) is 0 Å². The molecule has 2 aromatic carbocycles. The Balaban J connectivity index is 1.59. The second-order valence-electron chi connectivity index (χ2n) is 6.89. The molecule has 0 atom stereocenters. The van der Waals surface area contributed by atoms with Crippen LogP contribution in [0.5, 0.6) is 11.5 Å². The molecule has 9 heteroatoms. The second kappa shape index (κ2) is 9.07. The van der Waals surface area contributed by atoms with Crippen LogP contribution < -0.4 is 20.5 Å². The Labute approximate surface area is 189 Å². The highest BCUT2D eigenvalue weighted by Crippen LogP contribution is 2.31. The van der Waals surface area contributed by atoms with E-state index in [9.17, 15) is 4.79 Å². The van der Waals surface area contributed by atoms with Gasteiger partial charge in [-0.25, -0.2) is 9.97 Å². The van der Waals surface area contributed by atoms with Gasteiger partial charge in [-0.15, -0.1) is 0 Å². The number of aromatic nitrogens is 3. The number of carbonyl (C=O) groups excluding carboxylic acids is 1. The molecule has 0 bridgehead atoms. The molecule has 0 aliphatic rings. The number of nitrogens with zero attached hydrogens (tertiary/aromatic N) is 3. The van der Waals surface area contributed by atoms with Gasteiger partial charge in [-0.1, -0.05) is 17.7 Å². The van der Waals surface area contributed by atoms with Gasteiger partial charge < -0.3 is 20.5 Å². The lowest BCUT2D eigenvalue weighted by Gasteiger charge is -2.13. The molecule has 2 heterocycles. The third-order valence-electron chi connectivity index (χ3n) is 4.56. The summed E-state index contributed by atoms with van der Waals surface area (Å²) in [5.41, 5.74) is 8.25. The van der Waals surface area contributed by atoms with E-state index in [2.05, 4.69) is 26.3 Å². The van der Waals surface area contributed by atoms with E-state index in [1.807, 2.05) is 25.1 Å². The Morgan fingerprint density at radius 1 is 1.19 bits per heavy atom. The Kier molecular flexibility index (Phi) is 6.04. The monoisotopic (exact) mass is 448 g/mol. The number of carbonyl (C=O) groups is 1. The normalized spacial score (nSPS) is 10.7. The van der Waals surface area contributed by atoms with Crippen molar-refractivity contribution in [2.45, 2.75) is 13.5 Å². The first kappa shape index (κ1) is 21.3. The predicted octanol–water partition coefficient (Wildman–Crippen LogP) is 4.22. The minimum Gasteiger partial charge on any atom is -0.496 e. The van der Waals surface area contributed by atoms with Gasteiger partial charge in [0.1, 0.15) is 23.9 Å². The SMILES string of the molecule is COc1[c]cc2c(Nc3ccc(OCc4cccc(C)n4)c(Cl)c3)nc(C(N)=O)nc2c1. The maximum Gasteiger partial charge on any atom is 0.286 e. The minimum absolute atomic E-state index is 0.120. The van der Waals surface area contributed by atoms with Crippen LogP contribution in [0.3, 0.4) is 0 Å². The van der Waals surface area contributed by atoms with Crippen LogP contribution in [-0.2, 0) is 6.61 Å². The average Bonchev–Trinajstić information content (AvgIpc) is 2.78. The van der Waals surface area contributed by atoms with E-state index in [0.29, 0.717) is 45.5 Å². The number of ether oxygens (including phenoxy) is 2. The fourth-order valence-electron chi connectivity index (χ4n) is 3.04. The number of aryl methyl sites for hydroxylation is 1.